The van der Waals surface area contributed by atoms with E-state index in [0.717, 1.165) is 5.56 Å². The van der Waals surface area contributed by atoms with Crippen LogP contribution in [0.2, 0.25) is 0 Å². The molecule has 1 aromatic carbocycles. The number of carbonyl (C=O) groups is 1. The highest BCUT2D eigenvalue weighted by atomic mass is 16.5. The summed E-state index contributed by atoms with van der Waals surface area (Å²) >= 11 is 0. The Morgan fingerprint density at radius 3 is 2.25 bits per heavy atom. The molecule has 1 rings (SSSR count). The molecule has 0 heterocycles. The summed E-state index contributed by atoms with van der Waals surface area (Å²) in [5.74, 6) is -0.224. The van der Waals surface area contributed by atoms with E-state index in [1.54, 1.807) is 0 Å². The molecular formula is C14H19O2. The molecular weight excluding hydrogens is 200 g/mol. The van der Waals surface area contributed by atoms with Crippen LogP contribution in [0.25, 0.3) is 0 Å². The predicted molar refractivity (Wildman–Crippen MR) is 65.2 cm³/mol. The van der Waals surface area contributed by atoms with Gasteiger partial charge in [0.1, 0.15) is 0 Å². The maximum Gasteiger partial charge on any atom is 0.310 e. The first-order valence-corrected chi connectivity index (χ1v) is 5.48. The SMILES string of the molecule is [CH2]COC(=O)Cc1ccc(C(C)(C)C)cc1. The number of benzene rings is 1. The molecule has 0 atom stereocenters. The summed E-state index contributed by atoms with van der Waals surface area (Å²) in [5.41, 5.74) is 2.39. The van der Waals surface area contributed by atoms with Crippen molar-refractivity contribution in [1.29, 1.82) is 0 Å². The van der Waals surface area contributed by atoms with Crippen LogP contribution in [-0.2, 0) is 21.4 Å². The van der Waals surface area contributed by atoms with Gasteiger partial charge in [-0.2, -0.15) is 0 Å². The van der Waals surface area contributed by atoms with E-state index in [1.807, 2.05) is 12.1 Å². The molecule has 0 aliphatic heterocycles. The summed E-state index contributed by atoms with van der Waals surface area (Å²) in [6.07, 6.45) is 0.319. The maximum atomic E-state index is 11.2. The fraction of sp³-hybridized carbons (Fsp3) is 0.429. The Kier molecular flexibility index (Phi) is 4.11. The van der Waals surface area contributed by atoms with Gasteiger partial charge in [-0.15, -0.1) is 0 Å². The molecule has 0 bridgehead atoms. The first-order chi connectivity index (χ1) is 7.43. The van der Waals surface area contributed by atoms with Crippen molar-refractivity contribution in [2.24, 2.45) is 0 Å². The summed E-state index contributed by atoms with van der Waals surface area (Å²) in [6, 6.07) is 8.08. The molecule has 0 saturated carbocycles. The van der Waals surface area contributed by atoms with Gasteiger partial charge in [-0.25, -0.2) is 0 Å². The molecule has 0 N–H and O–H groups in total. The van der Waals surface area contributed by atoms with Crippen LogP contribution < -0.4 is 0 Å². The summed E-state index contributed by atoms with van der Waals surface area (Å²) in [7, 11) is 0. The van der Waals surface area contributed by atoms with Crippen molar-refractivity contribution in [3.63, 3.8) is 0 Å². The van der Waals surface area contributed by atoms with E-state index in [2.05, 4.69) is 39.8 Å². The highest BCUT2D eigenvalue weighted by Gasteiger charge is 2.13. The third kappa shape index (κ3) is 3.69. The van der Waals surface area contributed by atoms with E-state index in [1.165, 1.54) is 5.56 Å². The van der Waals surface area contributed by atoms with Gasteiger partial charge in [0, 0.05) is 0 Å². The Bertz CT molecular complexity index is 344. The first-order valence-electron chi connectivity index (χ1n) is 5.48. The molecule has 0 saturated heterocycles. The van der Waals surface area contributed by atoms with Gasteiger partial charge in [0.25, 0.3) is 0 Å². The van der Waals surface area contributed by atoms with Crippen LogP contribution in [0, 0.1) is 6.92 Å². The van der Waals surface area contributed by atoms with Gasteiger partial charge in [0.2, 0.25) is 0 Å². The third-order valence-electron chi connectivity index (χ3n) is 2.43. The maximum absolute atomic E-state index is 11.2. The predicted octanol–water partition coefficient (Wildman–Crippen LogP) is 2.90. The largest absolute Gasteiger partial charge is 0.465 e. The fourth-order valence-corrected chi connectivity index (χ4v) is 1.45. The van der Waals surface area contributed by atoms with E-state index in [9.17, 15) is 4.79 Å². The minimum Gasteiger partial charge on any atom is -0.465 e. The molecule has 16 heavy (non-hydrogen) atoms. The molecule has 0 unspecified atom stereocenters. The second kappa shape index (κ2) is 5.15. The Hall–Kier alpha value is -1.31. The highest BCUT2D eigenvalue weighted by Crippen LogP contribution is 2.22. The zero-order valence-electron chi connectivity index (χ0n) is 10.2. The fourth-order valence-electron chi connectivity index (χ4n) is 1.45. The lowest BCUT2D eigenvalue weighted by Gasteiger charge is -2.19. The third-order valence-corrected chi connectivity index (χ3v) is 2.43. The molecule has 1 radical (unpaired) electrons. The van der Waals surface area contributed by atoms with Gasteiger partial charge in [-0.3, -0.25) is 4.79 Å². The molecule has 0 aliphatic rings. The summed E-state index contributed by atoms with van der Waals surface area (Å²) in [4.78, 5) is 11.2. The first kappa shape index (κ1) is 12.8. The molecule has 0 aromatic heterocycles. The molecule has 87 valence electrons. The summed E-state index contributed by atoms with van der Waals surface area (Å²) < 4.78 is 4.79. The molecule has 0 aliphatic carbocycles. The van der Waals surface area contributed by atoms with Crippen molar-refractivity contribution in [3.05, 3.63) is 42.3 Å². The number of carbonyl (C=O) groups excluding carboxylic acids is 1. The van der Waals surface area contributed by atoms with E-state index >= 15 is 0 Å². The standard InChI is InChI=1S/C14H19O2/c1-5-16-13(15)10-11-6-8-12(9-7-11)14(2,3)4/h6-9H,1,5,10H2,2-4H3. The lowest BCUT2D eigenvalue weighted by atomic mass is 9.86. The second-order valence-electron chi connectivity index (χ2n) is 4.84. The minimum atomic E-state index is -0.224. The smallest absolute Gasteiger partial charge is 0.310 e. The van der Waals surface area contributed by atoms with Gasteiger partial charge in [0.05, 0.1) is 13.0 Å². The van der Waals surface area contributed by atoms with Crippen LogP contribution in [0.1, 0.15) is 31.9 Å². The van der Waals surface area contributed by atoms with Gasteiger partial charge in [-0.1, -0.05) is 45.0 Å². The van der Waals surface area contributed by atoms with Crippen LogP contribution >= 0.6 is 0 Å². The van der Waals surface area contributed by atoms with Gasteiger partial charge in [0.15, 0.2) is 0 Å². The zero-order valence-corrected chi connectivity index (χ0v) is 10.2. The van der Waals surface area contributed by atoms with Crippen LogP contribution in [0.5, 0.6) is 0 Å². The lowest BCUT2D eigenvalue weighted by molar-refractivity contribution is -0.141. The van der Waals surface area contributed by atoms with Crippen LogP contribution in [0.4, 0.5) is 0 Å². The molecule has 0 spiro atoms. The van der Waals surface area contributed by atoms with E-state index in [4.69, 9.17) is 4.74 Å². The molecule has 2 nitrogen and oxygen atoms in total. The Labute approximate surface area is 97.6 Å². The number of hydrogen-bond acceptors (Lipinski definition) is 2. The highest BCUT2D eigenvalue weighted by molar-refractivity contribution is 5.72. The van der Waals surface area contributed by atoms with Crippen molar-refractivity contribution in [2.75, 3.05) is 6.61 Å². The molecule has 2 heteroatoms. The summed E-state index contributed by atoms with van der Waals surface area (Å²) in [5, 5.41) is 0. The average molecular weight is 219 g/mol. The number of ether oxygens (including phenoxy) is 1. The van der Waals surface area contributed by atoms with Gasteiger partial charge in [-0.05, 0) is 23.5 Å². The van der Waals surface area contributed by atoms with Crippen LogP contribution in [0.3, 0.4) is 0 Å². The number of rotatable bonds is 3. The number of esters is 1. The van der Waals surface area contributed by atoms with Crippen molar-refractivity contribution < 1.29 is 9.53 Å². The van der Waals surface area contributed by atoms with Crippen molar-refractivity contribution in [3.8, 4) is 0 Å². The Morgan fingerprint density at radius 1 is 1.25 bits per heavy atom. The van der Waals surface area contributed by atoms with Gasteiger partial charge >= 0.3 is 5.97 Å². The quantitative estimate of drug-likeness (QED) is 0.731. The second-order valence-corrected chi connectivity index (χ2v) is 4.84. The Balaban J connectivity index is 2.69. The van der Waals surface area contributed by atoms with Gasteiger partial charge < -0.3 is 4.74 Å². The normalized spacial score (nSPS) is 11.2. The molecule has 0 fully saturated rings. The van der Waals surface area contributed by atoms with Crippen LogP contribution in [0.15, 0.2) is 24.3 Å². The van der Waals surface area contributed by atoms with Crippen molar-refractivity contribution >= 4 is 5.97 Å². The van der Waals surface area contributed by atoms with E-state index < -0.39 is 0 Å². The summed E-state index contributed by atoms with van der Waals surface area (Å²) in [6.45, 7) is 10.2. The van der Waals surface area contributed by atoms with Crippen molar-refractivity contribution in [1.82, 2.24) is 0 Å². The van der Waals surface area contributed by atoms with E-state index in [0.29, 0.717) is 6.42 Å². The number of hydrogen-bond donors (Lipinski definition) is 0. The monoisotopic (exact) mass is 219 g/mol. The minimum absolute atomic E-state index is 0.145. The average Bonchev–Trinajstić information content (AvgIpc) is 2.17. The van der Waals surface area contributed by atoms with E-state index in [-0.39, 0.29) is 18.0 Å². The molecule has 1 aromatic rings. The lowest BCUT2D eigenvalue weighted by Crippen LogP contribution is -2.11. The molecule has 0 amide bonds. The topological polar surface area (TPSA) is 26.3 Å². The zero-order chi connectivity index (χ0) is 12.2. The Morgan fingerprint density at radius 2 is 1.81 bits per heavy atom. The van der Waals surface area contributed by atoms with Crippen LogP contribution in [-0.4, -0.2) is 12.6 Å². The van der Waals surface area contributed by atoms with Crippen molar-refractivity contribution in [2.45, 2.75) is 32.6 Å².